The minimum absolute atomic E-state index is 0.304. The van der Waals surface area contributed by atoms with Gasteiger partial charge in [-0.3, -0.25) is 0 Å². The van der Waals surface area contributed by atoms with Crippen LogP contribution in [0.1, 0.15) is 5.89 Å². The predicted molar refractivity (Wildman–Crippen MR) is 92.2 cm³/mol. The van der Waals surface area contributed by atoms with Crippen LogP contribution in [0, 0.1) is 6.92 Å². The number of anilines is 3. The molecule has 2 aromatic carbocycles. The number of oxazole rings is 1. The molecule has 0 saturated carbocycles. The molecule has 3 rings (SSSR count). The smallest absolute Gasteiger partial charge is 0.323 e. The zero-order valence-corrected chi connectivity index (χ0v) is 13.3. The fraction of sp³-hybridized carbons (Fsp3) is 0.176. The normalized spacial score (nSPS) is 10.6. The number of urea groups is 1. The Labute approximate surface area is 134 Å². The van der Waals surface area contributed by atoms with Gasteiger partial charge in [-0.15, -0.1) is 0 Å². The summed E-state index contributed by atoms with van der Waals surface area (Å²) in [7, 11) is 3.94. The summed E-state index contributed by atoms with van der Waals surface area (Å²) in [5, 5.41) is 5.58. The van der Waals surface area contributed by atoms with Gasteiger partial charge in [0.25, 0.3) is 0 Å². The summed E-state index contributed by atoms with van der Waals surface area (Å²) in [6.45, 7) is 1.79. The van der Waals surface area contributed by atoms with Crippen LogP contribution in [0.5, 0.6) is 0 Å². The van der Waals surface area contributed by atoms with Gasteiger partial charge >= 0.3 is 6.03 Å². The average molecular weight is 310 g/mol. The van der Waals surface area contributed by atoms with Gasteiger partial charge in [-0.1, -0.05) is 0 Å². The first kappa shape index (κ1) is 14.9. The lowest BCUT2D eigenvalue weighted by molar-refractivity contribution is 0.262. The second-order valence-electron chi connectivity index (χ2n) is 5.44. The van der Waals surface area contributed by atoms with Gasteiger partial charge in [-0.25, -0.2) is 9.78 Å². The third-order valence-corrected chi connectivity index (χ3v) is 3.39. The van der Waals surface area contributed by atoms with Crippen molar-refractivity contribution < 1.29 is 9.21 Å². The molecule has 0 aliphatic rings. The fourth-order valence-electron chi connectivity index (χ4n) is 2.26. The van der Waals surface area contributed by atoms with Crippen molar-refractivity contribution in [3.05, 3.63) is 48.4 Å². The van der Waals surface area contributed by atoms with E-state index >= 15 is 0 Å². The van der Waals surface area contributed by atoms with Gasteiger partial charge in [0.05, 0.1) is 0 Å². The Bertz CT molecular complexity index is 837. The highest BCUT2D eigenvalue weighted by Crippen LogP contribution is 2.20. The van der Waals surface area contributed by atoms with Crippen molar-refractivity contribution in [2.75, 3.05) is 29.6 Å². The molecular formula is C17H18N4O2. The second kappa shape index (κ2) is 6.00. The van der Waals surface area contributed by atoms with E-state index in [1.165, 1.54) is 0 Å². The van der Waals surface area contributed by atoms with Crippen LogP contribution >= 0.6 is 0 Å². The van der Waals surface area contributed by atoms with Crippen LogP contribution < -0.4 is 15.5 Å². The first-order chi connectivity index (χ1) is 11.0. The fourth-order valence-corrected chi connectivity index (χ4v) is 2.26. The van der Waals surface area contributed by atoms with Gasteiger partial charge < -0.3 is 20.0 Å². The lowest BCUT2D eigenvalue weighted by Crippen LogP contribution is -2.19. The van der Waals surface area contributed by atoms with Crippen molar-refractivity contribution in [1.29, 1.82) is 0 Å². The van der Waals surface area contributed by atoms with E-state index in [2.05, 4.69) is 15.6 Å². The molecule has 0 atom stereocenters. The van der Waals surface area contributed by atoms with E-state index in [9.17, 15) is 4.79 Å². The minimum atomic E-state index is -0.304. The Morgan fingerprint density at radius 2 is 1.70 bits per heavy atom. The molecule has 118 valence electrons. The van der Waals surface area contributed by atoms with E-state index < -0.39 is 0 Å². The molecule has 1 aromatic heterocycles. The van der Waals surface area contributed by atoms with Crippen LogP contribution in [0.25, 0.3) is 11.1 Å². The van der Waals surface area contributed by atoms with Gasteiger partial charge in [0.1, 0.15) is 5.52 Å². The molecule has 0 bridgehead atoms. The van der Waals surface area contributed by atoms with Gasteiger partial charge in [0.15, 0.2) is 11.5 Å². The third-order valence-electron chi connectivity index (χ3n) is 3.39. The van der Waals surface area contributed by atoms with Gasteiger partial charge in [0, 0.05) is 38.1 Å². The highest BCUT2D eigenvalue weighted by molar-refractivity contribution is 6.00. The van der Waals surface area contributed by atoms with Gasteiger partial charge in [-0.05, 0) is 42.5 Å². The average Bonchev–Trinajstić information content (AvgIpc) is 2.87. The molecular weight excluding hydrogens is 292 g/mol. The molecule has 0 spiro atoms. The number of benzene rings is 2. The number of nitrogens with one attached hydrogen (secondary N) is 2. The number of carbonyl (C=O) groups is 1. The van der Waals surface area contributed by atoms with E-state index in [1.54, 1.807) is 25.1 Å². The number of aromatic nitrogens is 1. The molecule has 6 nitrogen and oxygen atoms in total. The van der Waals surface area contributed by atoms with Crippen LogP contribution in [0.3, 0.4) is 0 Å². The molecule has 6 heteroatoms. The summed E-state index contributed by atoms with van der Waals surface area (Å²) in [5.41, 5.74) is 3.88. The zero-order chi connectivity index (χ0) is 16.4. The number of aryl methyl sites for hydroxylation is 1. The lowest BCUT2D eigenvalue weighted by atomic mass is 10.2. The first-order valence-electron chi connectivity index (χ1n) is 7.24. The van der Waals surface area contributed by atoms with Crippen molar-refractivity contribution >= 4 is 34.2 Å². The molecule has 1 heterocycles. The molecule has 2 N–H and O–H groups in total. The Morgan fingerprint density at radius 3 is 2.39 bits per heavy atom. The Morgan fingerprint density at radius 1 is 1.04 bits per heavy atom. The van der Waals surface area contributed by atoms with Crippen LogP contribution in [-0.2, 0) is 0 Å². The van der Waals surface area contributed by atoms with Crippen molar-refractivity contribution in [3.8, 4) is 0 Å². The van der Waals surface area contributed by atoms with E-state index in [0.717, 1.165) is 16.9 Å². The zero-order valence-electron chi connectivity index (χ0n) is 13.3. The molecule has 0 unspecified atom stereocenters. The van der Waals surface area contributed by atoms with Crippen LogP contribution in [0.2, 0.25) is 0 Å². The van der Waals surface area contributed by atoms with E-state index in [-0.39, 0.29) is 6.03 Å². The summed E-state index contributed by atoms with van der Waals surface area (Å²) in [6.07, 6.45) is 0. The maximum absolute atomic E-state index is 12.1. The second-order valence-corrected chi connectivity index (χ2v) is 5.44. The van der Waals surface area contributed by atoms with Crippen LogP contribution in [0.15, 0.2) is 46.9 Å². The molecule has 2 amide bonds. The lowest BCUT2D eigenvalue weighted by Gasteiger charge is -2.13. The van der Waals surface area contributed by atoms with Gasteiger partial charge in [-0.2, -0.15) is 0 Å². The largest absolute Gasteiger partial charge is 0.441 e. The highest BCUT2D eigenvalue weighted by Gasteiger charge is 2.06. The predicted octanol–water partition coefficient (Wildman–Crippen LogP) is 3.85. The molecule has 0 saturated heterocycles. The number of nitrogens with zero attached hydrogens (tertiary/aromatic N) is 2. The topological polar surface area (TPSA) is 70.4 Å². The highest BCUT2D eigenvalue weighted by atomic mass is 16.3. The summed E-state index contributed by atoms with van der Waals surface area (Å²) in [5.74, 6) is 0.600. The van der Waals surface area contributed by atoms with Crippen molar-refractivity contribution in [2.24, 2.45) is 0 Å². The summed E-state index contributed by atoms with van der Waals surface area (Å²) in [4.78, 5) is 18.3. The van der Waals surface area contributed by atoms with Gasteiger partial charge in [0.2, 0.25) is 0 Å². The quantitative estimate of drug-likeness (QED) is 0.771. The van der Waals surface area contributed by atoms with E-state index in [4.69, 9.17) is 4.42 Å². The number of fused-ring (bicyclic) bond motifs is 1. The summed E-state index contributed by atoms with van der Waals surface area (Å²) in [6, 6.07) is 12.7. The minimum Gasteiger partial charge on any atom is -0.441 e. The van der Waals surface area contributed by atoms with Crippen molar-refractivity contribution in [2.45, 2.75) is 6.92 Å². The standard InChI is InChI=1S/C17H18N4O2/c1-11-18-15-10-13(6-9-16(15)23-11)20-17(22)19-12-4-7-14(8-5-12)21(2)3/h4-10H,1-3H3,(H2,19,20,22). The number of rotatable bonds is 3. The summed E-state index contributed by atoms with van der Waals surface area (Å²) < 4.78 is 5.41. The number of hydrogen-bond donors (Lipinski definition) is 2. The van der Waals surface area contributed by atoms with Crippen molar-refractivity contribution in [1.82, 2.24) is 4.98 Å². The molecule has 23 heavy (non-hydrogen) atoms. The third kappa shape index (κ3) is 3.42. The molecule has 0 aliphatic carbocycles. The van der Waals surface area contributed by atoms with E-state index in [0.29, 0.717) is 17.2 Å². The van der Waals surface area contributed by atoms with Crippen LogP contribution in [0.4, 0.5) is 21.9 Å². The molecule has 0 radical (unpaired) electrons. The molecule has 0 aliphatic heterocycles. The maximum atomic E-state index is 12.1. The number of carbonyl (C=O) groups excluding carboxylic acids is 1. The first-order valence-corrected chi connectivity index (χ1v) is 7.24. The maximum Gasteiger partial charge on any atom is 0.323 e. The Hall–Kier alpha value is -3.02. The number of amides is 2. The number of hydrogen-bond acceptors (Lipinski definition) is 4. The van der Waals surface area contributed by atoms with E-state index in [1.807, 2.05) is 43.3 Å². The Balaban J connectivity index is 1.67. The van der Waals surface area contributed by atoms with Crippen molar-refractivity contribution in [3.63, 3.8) is 0 Å². The summed E-state index contributed by atoms with van der Waals surface area (Å²) >= 11 is 0. The molecule has 3 aromatic rings. The monoisotopic (exact) mass is 310 g/mol. The Kier molecular flexibility index (Phi) is 3.89. The SMILES string of the molecule is Cc1nc2cc(NC(=O)Nc3ccc(N(C)C)cc3)ccc2o1. The van der Waals surface area contributed by atoms with Crippen LogP contribution in [-0.4, -0.2) is 25.1 Å². The molecule has 0 fully saturated rings.